The van der Waals surface area contributed by atoms with Gasteiger partial charge in [0, 0.05) is 24.3 Å². The van der Waals surface area contributed by atoms with E-state index < -0.39 is 29.7 Å². The molecule has 1 N–H and O–H groups in total. The molecule has 116 valence electrons. The van der Waals surface area contributed by atoms with Gasteiger partial charge >= 0.3 is 5.69 Å². The minimum absolute atomic E-state index is 0.168. The standard InChI is InChI=1S/C14H20N2O5/c1-4-5-20-11-9(3)10(7-17)21-13(11)16-6-8(2)12(18)15-14(16)19/h6-7,9-11,13H,4-5H2,1-3H3,(H,15,18,19)/t9-,10-,11-,13-/m1/s1. The average molecular weight is 296 g/mol. The Bertz CT molecular complexity index is 621. The van der Waals surface area contributed by atoms with Gasteiger partial charge in [-0.1, -0.05) is 13.8 Å². The topological polar surface area (TPSA) is 90.4 Å². The summed E-state index contributed by atoms with van der Waals surface area (Å²) in [6.07, 6.45) is 1.22. The molecular weight excluding hydrogens is 276 g/mol. The van der Waals surface area contributed by atoms with E-state index in [1.54, 1.807) is 6.92 Å². The van der Waals surface area contributed by atoms with E-state index in [1.807, 2.05) is 13.8 Å². The number of hydrogen-bond acceptors (Lipinski definition) is 5. The van der Waals surface area contributed by atoms with Crippen molar-refractivity contribution < 1.29 is 14.3 Å². The molecule has 1 aliphatic heterocycles. The number of aromatic nitrogens is 2. The molecule has 0 radical (unpaired) electrons. The molecule has 0 spiro atoms. The van der Waals surface area contributed by atoms with E-state index in [2.05, 4.69) is 4.98 Å². The first-order chi connectivity index (χ1) is 9.99. The Hall–Kier alpha value is -1.73. The van der Waals surface area contributed by atoms with Crippen LogP contribution in [0.1, 0.15) is 32.1 Å². The number of ether oxygens (including phenoxy) is 2. The number of aryl methyl sites for hydroxylation is 1. The number of rotatable bonds is 5. The van der Waals surface area contributed by atoms with Gasteiger partial charge in [0.15, 0.2) is 6.23 Å². The van der Waals surface area contributed by atoms with Gasteiger partial charge < -0.3 is 14.3 Å². The molecule has 0 bridgehead atoms. The summed E-state index contributed by atoms with van der Waals surface area (Å²) in [4.78, 5) is 36.8. The van der Waals surface area contributed by atoms with Crippen molar-refractivity contribution in [2.75, 3.05) is 6.61 Å². The molecule has 1 aliphatic rings. The van der Waals surface area contributed by atoms with E-state index in [4.69, 9.17) is 9.47 Å². The lowest BCUT2D eigenvalue weighted by atomic mass is 10.0. The minimum atomic E-state index is -0.718. The Morgan fingerprint density at radius 2 is 2.19 bits per heavy atom. The molecule has 0 aromatic carbocycles. The Morgan fingerprint density at radius 1 is 1.48 bits per heavy atom. The van der Waals surface area contributed by atoms with Crippen molar-refractivity contribution in [1.29, 1.82) is 0 Å². The second-order valence-electron chi connectivity index (χ2n) is 5.30. The number of nitrogens with one attached hydrogen (secondary N) is 1. The highest BCUT2D eigenvalue weighted by Gasteiger charge is 2.44. The van der Waals surface area contributed by atoms with Crippen molar-refractivity contribution in [3.63, 3.8) is 0 Å². The van der Waals surface area contributed by atoms with Crippen molar-refractivity contribution >= 4 is 6.29 Å². The fourth-order valence-corrected chi connectivity index (χ4v) is 2.45. The summed E-state index contributed by atoms with van der Waals surface area (Å²) in [5.74, 6) is -0.168. The van der Waals surface area contributed by atoms with Gasteiger partial charge in [-0.25, -0.2) is 4.79 Å². The number of carbonyl (C=O) groups is 1. The molecule has 2 heterocycles. The van der Waals surface area contributed by atoms with Gasteiger partial charge in [-0.2, -0.15) is 0 Å². The zero-order valence-corrected chi connectivity index (χ0v) is 12.4. The molecule has 1 aromatic rings. The first-order valence-corrected chi connectivity index (χ1v) is 7.04. The van der Waals surface area contributed by atoms with Gasteiger partial charge in [0.05, 0.1) is 0 Å². The number of hydrogen-bond donors (Lipinski definition) is 1. The number of carbonyl (C=O) groups excluding carboxylic acids is 1. The Morgan fingerprint density at radius 3 is 2.81 bits per heavy atom. The number of aromatic amines is 1. The van der Waals surface area contributed by atoms with Crippen LogP contribution in [0.15, 0.2) is 15.8 Å². The number of aldehydes is 1. The zero-order chi connectivity index (χ0) is 15.6. The average Bonchev–Trinajstić information content (AvgIpc) is 2.77. The minimum Gasteiger partial charge on any atom is -0.373 e. The maximum absolute atomic E-state index is 12.0. The summed E-state index contributed by atoms with van der Waals surface area (Å²) >= 11 is 0. The SMILES string of the molecule is CCCO[C@@H]1[C@H](C)[C@@H](C=O)O[C@H]1n1cc(C)c(=O)[nH]c1=O. The van der Waals surface area contributed by atoms with Crippen LogP contribution < -0.4 is 11.2 Å². The van der Waals surface area contributed by atoms with Gasteiger partial charge in [-0.05, 0) is 13.3 Å². The van der Waals surface area contributed by atoms with Gasteiger partial charge in [0.1, 0.15) is 18.5 Å². The highest BCUT2D eigenvalue weighted by molar-refractivity contribution is 5.57. The maximum atomic E-state index is 12.0. The van der Waals surface area contributed by atoms with Gasteiger partial charge in [-0.15, -0.1) is 0 Å². The molecule has 7 heteroatoms. The monoisotopic (exact) mass is 296 g/mol. The van der Waals surface area contributed by atoms with Gasteiger partial charge in [-0.3, -0.25) is 14.3 Å². The predicted molar refractivity (Wildman–Crippen MR) is 75.2 cm³/mol. The molecule has 2 rings (SSSR count). The lowest BCUT2D eigenvalue weighted by molar-refractivity contribution is -0.121. The summed E-state index contributed by atoms with van der Waals surface area (Å²) in [7, 11) is 0. The molecule has 1 fully saturated rings. The van der Waals surface area contributed by atoms with E-state index >= 15 is 0 Å². The fourth-order valence-electron chi connectivity index (χ4n) is 2.45. The molecule has 0 unspecified atom stereocenters. The van der Waals surface area contributed by atoms with Crippen molar-refractivity contribution in [1.82, 2.24) is 9.55 Å². The third kappa shape index (κ3) is 2.98. The number of nitrogens with zero attached hydrogens (tertiary/aromatic N) is 1. The van der Waals surface area contributed by atoms with Crippen LogP contribution >= 0.6 is 0 Å². The van der Waals surface area contributed by atoms with Crippen molar-refractivity contribution in [3.05, 3.63) is 32.6 Å². The van der Waals surface area contributed by atoms with Crippen LogP contribution in [-0.4, -0.2) is 34.7 Å². The van der Waals surface area contributed by atoms with E-state index in [1.165, 1.54) is 10.8 Å². The van der Waals surface area contributed by atoms with E-state index in [9.17, 15) is 14.4 Å². The Balaban J connectivity index is 2.40. The van der Waals surface area contributed by atoms with Crippen molar-refractivity contribution in [2.24, 2.45) is 5.92 Å². The highest BCUT2D eigenvalue weighted by atomic mass is 16.6. The smallest absolute Gasteiger partial charge is 0.330 e. The van der Waals surface area contributed by atoms with Crippen LogP contribution in [-0.2, 0) is 14.3 Å². The quantitative estimate of drug-likeness (QED) is 0.793. The van der Waals surface area contributed by atoms with Crippen LogP contribution in [0, 0.1) is 12.8 Å². The molecular formula is C14H20N2O5. The molecule has 0 amide bonds. The van der Waals surface area contributed by atoms with E-state index in [-0.39, 0.29) is 5.92 Å². The molecule has 21 heavy (non-hydrogen) atoms. The molecule has 1 saturated heterocycles. The second kappa shape index (κ2) is 6.36. The lowest BCUT2D eigenvalue weighted by Gasteiger charge is -2.22. The third-order valence-electron chi connectivity index (χ3n) is 3.68. The van der Waals surface area contributed by atoms with Gasteiger partial charge in [0.25, 0.3) is 5.56 Å². The second-order valence-corrected chi connectivity index (χ2v) is 5.30. The summed E-state index contributed by atoms with van der Waals surface area (Å²) in [5.41, 5.74) is -0.602. The maximum Gasteiger partial charge on any atom is 0.330 e. The largest absolute Gasteiger partial charge is 0.373 e. The first kappa shape index (κ1) is 15.7. The summed E-state index contributed by atoms with van der Waals surface area (Å²) < 4.78 is 12.7. The Kier molecular flexibility index (Phi) is 4.74. The Labute approximate surface area is 121 Å². The molecule has 0 aliphatic carbocycles. The van der Waals surface area contributed by atoms with Crippen LogP contribution in [0.5, 0.6) is 0 Å². The van der Waals surface area contributed by atoms with Crippen LogP contribution in [0.3, 0.4) is 0 Å². The highest BCUT2D eigenvalue weighted by Crippen LogP contribution is 2.34. The van der Waals surface area contributed by atoms with E-state index in [0.717, 1.165) is 12.7 Å². The fraction of sp³-hybridized carbons (Fsp3) is 0.643. The molecule has 0 saturated carbocycles. The summed E-state index contributed by atoms with van der Waals surface area (Å²) in [5, 5.41) is 0. The molecule has 4 atom stereocenters. The molecule has 1 aromatic heterocycles. The zero-order valence-electron chi connectivity index (χ0n) is 12.4. The van der Waals surface area contributed by atoms with Crippen LogP contribution in [0.4, 0.5) is 0 Å². The lowest BCUT2D eigenvalue weighted by Crippen LogP contribution is -2.38. The summed E-state index contributed by atoms with van der Waals surface area (Å²) in [6, 6.07) is 0. The number of H-pyrrole nitrogens is 1. The first-order valence-electron chi connectivity index (χ1n) is 7.04. The van der Waals surface area contributed by atoms with Crippen LogP contribution in [0.2, 0.25) is 0 Å². The predicted octanol–water partition coefficient (Wildman–Crippen LogP) is 0.373. The molecule has 7 nitrogen and oxygen atoms in total. The van der Waals surface area contributed by atoms with E-state index in [0.29, 0.717) is 12.2 Å². The van der Waals surface area contributed by atoms with Gasteiger partial charge in [0.2, 0.25) is 0 Å². The van der Waals surface area contributed by atoms with Crippen LogP contribution in [0.25, 0.3) is 0 Å². The summed E-state index contributed by atoms with van der Waals surface area (Å²) in [6.45, 7) is 5.94. The third-order valence-corrected chi connectivity index (χ3v) is 3.68. The van der Waals surface area contributed by atoms with Crippen molar-refractivity contribution in [2.45, 2.75) is 45.6 Å². The normalized spacial score (nSPS) is 28.7. The van der Waals surface area contributed by atoms with Crippen molar-refractivity contribution in [3.8, 4) is 0 Å².